The summed E-state index contributed by atoms with van der Waals surface area (Å²) in [6, 6.07) is 4.04. The van der Waals surface area contributed by atoms with Gasteiger partial charge >= 0.3 is 0 Å². The largest absolute Gasteiger partial charge is 0.511 e. The van der Waals surface area contributed by atoms with Crippen LogP contribution in [-0.4, -0.2) is 35.6 Å². The molecule has 0 unspecified atom stereocenters. The van der Waals surface area contributed by atoms with Gasteiger partial charge in [0.2, 0.25) is 0 Å². The lowest BCUT2D eigenvalue weighted by molar-refractivity contribution is 0.400. The summed E-state index contributed by atoms with van der Waals surface area (Å²) in [4.78, 5) is 6.34. The van der Waals surface area contributed by atoms with Gasteiger partial charge in [-0.3, -0.25) is 4.98 Å². The number of aromatic nitrogens is 1. The zero-order valence-corrected chi connectivity index (χ0v) is 9.85. The molecule has 88 valence electrons. The molecule has 3 N–H and O–H groups in total. The lowest BCUT2D eigenvalue weighted by Crippen LogP contribution is -2.11. The number of pyridine rings is 1. The van der Waals surface area contributed by atoms with E-state index in [-0.39, 0.29) is 12.3 Å². The fraction of sp³-hybridized carbons (Fsp3) is 0.417. The van der Waals surface area contributed by atoms with Gasteiger partial charge in [-0.1, -0.05) is 0 Å². The van der Waals surface area contributed by atoms with Crippen LogP contribution in [0.1, 0.15) is 11.3 Å². The average molecular weight is 221 g/mol. The molecule has 0 aliphatic heterocycles. The SMILES string of the molecule is CN(C)Cc1ccnc(CC=C(O)CN)c1. The van der Waals surface area contributed by atoms with Crippen molar-refractivity contribution in [3.05, 3.63) is 41.4 Å². The second kappa shape index (κ2) is 6.25. The van der Waals surface area contributed by atoms with Crippen molar-refractivity contribution in [2.45, 2.75) is 13.0 Å². The van der Waals surface area contributed by atoms with Crippen LogP contribution < -0.4 is 5.73 Å². The average Bonchev–Trinajstić information content (AvgIpc) is 2.25. The molecule has 0 aliphatic rings. The topological polar surface area (TPSA) is 62.4 Å². The van der Waals surface area contributed by atoms with Crippen molar-refractivity contribution in [1.29, 1.82) is 0 Å². The zero-order valence-electron chi connectivity index (χ0n) is 9.85. The van der Waals surface area contributed by atoms with Crippen molar-refractivity contribution in [1.82, 2.24) is 9.88 Å². The molecule has 0 amide bonds. The molecular weight excluding hydrogens is 202 g/mol. The zero-order chi connectivity index (χ0) is 12.0. The summed E-state index contributed by atoms with van der Waals surface area (Å²) in [6.45, 7) is 1.07. The van der Waals surface area contributed by atoms with Crippen LogP contribution in [0.25, 0.3) is 0 Å². The third-order valence-electron chi connectivity index (χ3n) is 2.14. The van der Waals surface area contributed by atoms with Gasteiger partial charge < -0.3 is 15.7 Å². The second-order valence-electron chi connectivity index (χ2n) is 4.00. The Labute approximate surface area is 96.4 Å². The van der Waals surface area contributed by atoms with Gasteiger partial charge in [-0.25, -0.2) is 0 Å². The summed E-state index contributed by atoms with van der Waals surface area (Å²) in [5, 5.41) is 9.23. The van der Waals surface area contributed by atoms with E-state index in [9.17, 15) is 5.11 Å². The van der Waals surface area contributed by atoms with E-state index in [1.807, 2.05) is 26.2 Å². The van der Waals surface area contributed by atoms with Gasteiger partial charge in [-0.2, -0.15) is 0 Å². The molecule has 0 aromatic carbocycles. The van der Waals surface area contributed by atoms with Crippen LogP contribution in [0.15, 0.2) is 30.2 Å². The molecule has 0 saturated heterocycles. The molecule has 0 radical (unpaired) electrons. The van der Waals surface area contributed by atoms with E-state index in [1.54, 1.807) is 12.3 Å². The summed E-state index contributed by atoms with van der Waals surface area (Å²) in [7, 11) is 4.06. The molecule has 1 aromatic rings. The Morgan fingerprint density at radius 1 is 1.56 bits per heavy atom. The molecule has 1 heterocycles. The predicted octanol–water partition coefficient (Wildman–Crippen LogP) is 1.09. The maximum atomic E-state index is 9.23. The Hall–Kier alpha value is -1.39. The quantitative estimate of drug-likeness (QED) is 0.731. The van der Waals surface area contributed by atoms with Crippen molar-refractivity contribution in [2.24, 2.45) is 5.73 Å². The molecule has 0 bridgehead atoms. The minimum Gasteiger partial charge on any atom is -0.511 e. The van der Waals surface area contributed by atoms with Crippen LogP contribution >= 0.6 is 0 Å². The summed E-state index contributed by atoms with van der Waals surface area (Å²) in [5.74, 6) is 0.208. The van der Waals surface area contributed by atoms with E-state index in [0.29, 0.717) is 6.42 Å². The third kappa shape index (κ3) is 4.42. The highest BCUT2D eigenvalue weighted by atomic mass is 16.3. The van der Waals surface area contributed by atoms with E-state index in [4.69, 9.17) is 5.73 Å². The summed E-state index contributed by atoms with van der Waals surface area (Å²) < 4.78 is 0. The van der Waals surface area contributed by atoms with Gasteiger partial charge in [0.05, 0.1) is 6.54 Å². The maximum Gasteiger partial charge on any atom is 0.102 e. The molecule has 0 aliphatic carbocycles. The molecule has 1 aromatic heterocycles. The van der Waals surface area contributed by atoms with Gasteiger partial charge in [0.25, 0.3) is 0 Å². The Kier molecular flexibility index (Phi) is 4.95. The minimum absolute atomic E-state index is 0.178. The van der Waals surface area contributed by atoms with E-state index >= 15 is 0 Å². The first-order valence-electron chi connectivity index (χ1n) is 5.28. The minimum atomic E-state index is 0.178. The van der Waals surface area contributed by atoms with Crippen LogP contribution in [-0.2, 0) is 13.0 Å². The van der Waals surface area contributed by atoms with Crippen LogP contribution in [0.3, 0.4) is 0 Å². The van der Waals surface area contributed by atoms with Crippen LogP contribution in [0.2, 0.25) is 0 Å². The lowest BCUT2D eigenvalue weighted by Gasteiger charge is -2.09. The van der Waals surface area contributed by atoms with Crippen molar-refractivity contribution < 1.29 is 5.11 Å². The highest BCUT2D eigenvalue weighted by Crippen LogP contribution is 2.05. The first-order chi connectivity index (χ1) is 7.61. The van der Waals surface area contributed by atoms with Gasteiger partial charge in [-0.15, -0.1) is 0 Å². The molecular formula is C12H19N3O. The first kappa shape index (κ1) is 12.7. The number of aliphatic hydroxyl groups is 1. The van der Waals surface area contributed by atoms with Gasteiger partial charge in [0, 0.05) is 24.9 Å². The lowest BCUT2D eigenvalue weighted by atomic mass is 10.2. The maximum absolute atomic E-state index is 9.23. The number of aliphatic hydroxyl groups excluding tert-OH is 1. The molecule has 0 atom stereocenters. The highest BCUT2D eigenvalue weighted by Gasteiger charge is 1.98. The van der Waals surface area contributed by atoms with Crippen LogP contribution in [0.5, 0.6) is 0 Å². The highest BCUT2D eigenvalue weighted by molar-refractivity contribution is 5.18. The van der Waals surface area contributed by atoms with Crippen LogP contribution in [0.4, 0.5) is 0 Å². The first-order valence-corrected chi connectivity index (χ1v) is 5.28. The molecule has 4 nitrogen and oxygen atoms in total. The molecule has 1 rings (SSSR count). The molecule has 0 spiro atoms. The van der Waals surface area contributed by atoms with Gasteiger partial charge in [-0.05, 0) is 37.9 Å². The normalized spacial score (nSPS) is 12.1. The molecule has 16 heavy (non-hydrogen) atoms. The standard InChI is InChI=1S/C12H19N3O/c1-15(2)9-10-5-6-14-11(7-10)3-4-12(16)8-13/h4-7,16H,3,8-9,13H2,1-2H3. The Morgan fingerprint density at radius 3 is 2.94 bits per heavy atom. The fourth-order valence-electron chi connectivity index (χ4n) is 1.41. The van der Waals surface area contributed by atoms with E-state index in [0.717, 1.165) is 12.2 Å². The molecule has 4 heteroatoms. The van der Waals surface area contributed by atoms with Crippen molar-refractivity contribution in [3.63, 3.8) is 0 Å². The van der Waals surface area contributed by atoms with Crippen LogP contribution in [0, 0.1) is 0 Å². The van der Waals surface area contributed by atoms with E-state index in [2.05, 4.69) is 9.88 Å². The Balaban J connectivity index is 2.67. The second-order valence-corrected chi connectivity index (χ2v) is 4.00. The number of allylic oxidation sites excluding steroid dienone is 1. The number of hydrogen-bond donors (Lipinski definition) is 2. The summed E-state index contributed by atoms with van der Waals surface area (Å²) >= 11 is 0. The molecule has 0 fully saturated rings. The Bertz CT molecular complexity index is 361. The number of hydrogen-bond acceptors (Lipinski definition) is 4. The summed E-state index contributed by atoms with van der Waals surface area (Å²) in [6.07, 6.45) is 4.10. The molecule has 0 saturated carbocycles. The Morgan fingerprint density at radius 2 is 2.31 bits per heavy atom. The third-order valence-corrected chi connectivity index (χ3v) is 2.14. The fourth-order valence-corrected chi connectivity index (χ4v) is 1.41. The number of nitrogens with two attached hydrogens (primary N) is 1. The predicted molar refractivity (Wildman–Crippen MR) is 65.1 cm³/mol. The van der Waals surface area contributed by atoms with Crippen molar-refractivity contribution in [2.75, 3.05) is 20.6 Å². The smallest absolute Gasteiger partial charge is 0.102 e. The number of nitrogens with zero attached hydrogens (tertiary/aromatic N) is 2. The van der Waals surface area contributed by atoms with Crippen molar-refractivity contribution in [3.8, 4) is 0 Å². The van der Waals surface area contributed by atoms with E-state index in [1.165, 1.54) is 5.56 Å². The van der Waals surface area contributed by atoms with E-state index < -0.39 is 0 Å². The van der Waals surface area contributed by atoms with Gasteiger partial charge in [0.15, 0.2) is 0 Å². The van der Waals surface area contributed by atoms with Crippen molar-refractivity contribution >= 4 is 0 Å². The summed E-state index contributed by atoms with van der Waals surface area (Å²) in [5.41, 5.74) is 7.45. The van der Waals surface area contributed by atoms with Gasteiger partial charge in [0.1, 0.15) is 5.76 Å². The number of rotatable bonds is 5. The monoisotopic (exact) mass is 221 g/mol.